The third-order valence-electron chi connectivity index (χ3n) is 5.57. The summed E-state index contributed by atoms with van der Waals surface area (Å²) in [4.78, 5) is 12.7. The number of carbonyl (C=O) groups is 1. The first-order valence-electron chi connectivity index (χ1n) is 10.2. The summed E-state index contributed by atoms with van der Waals surface area (Å²) in [6.45, 7) is 5.08. The highest BCUT2D eigenvalue weighted by atomic mass is 79.9. The lowest BCUT2D eigenvalue weighted by Gasteiger charge is -2.33. The Bertz CT molecular complexity index is 1170. The molecule has 2 aromatic carbocycles. The predicted molar refractivity (Wildman–Crippen MR) is 128 cm³/mol. The number of amides is 1. The number of hydrogen-bond acceptors (Lipinski definition) is 5. The molecule has 33 heavy (non-hydrogen) atoms. The lowest BCUT2D eigenvalue weighted by Crippen LogP contribution is -2.37. The Morgan fingerprint density at radius 3 is 2.52 bits per heavy atom. The first-order chi connectivity index (χ1) is 15.5. The van der Waals surface area contributed by atoms with Gasteiger partial charge in [0.05, 0.1) is 21.3 Å². The highest BCUT2D eigenvalue weighted by molar-refractivity contribution is 9.10. The van der Waals surface area contributed by atoms with Crippen LogP contribution < -0.4 is 5.32 Å². The van der Waals surface area contributed by atoms with Gasteiger partial charge in [0, 0.05) is 29.0 Å². The first-order valence-corrected chi connectivity index (χ1v) is 11.4. The van der Waals surface area contributed by atoms with Gasteiger partial charge in [0.15, 0.2) is 0 Å². The SMILES string of the molecule is Cc1noc(C)c1C(O)C[C@](C)(CC(=S)NC(=O)c1ccccc1)c1cc(Br)c(F)cc1F. The number of aromatic nitrogens is 1. The van der Waals surface area contributed by atoms with Crippen molar-refractivity contribution in [1.29, 1.82) is 0 Å². The fraction of sp³-hybridized carbons (Fsp3) is 0.292. The number of halogens is 3. The monoisotopic (exact) mass is 536 g/mol. The van der Waals surface area contributed by atoms with E-state index in [1.807, 2.05) is 0 Å². The van der Waals surface area contributed by atoms with Crippen molar-refractivity contribution in [2.75, 3.05) is 0 Å². The summed E-state index contributed by atoms with van der Waals surface area (Å²) in [6, 6.07) is 10.7. The number of aliphatic hydroxyl groups is 1. The zero-order chi connectivity index (χ0) is 24.3. The molecule has 0 aliphatic carbocycles. The van der Waals surface area contributed by atoms with E-state index in [1.54, 1.807) is 51.1 Å². The van der Waals surface area contributed by atoms with Gasteiger partial charge in [0.1, 0.15) is 17.4 Å². The minimum absolute atomic E-state index is 0.0201. The van der Waals surface area contributed by atoms with Crippen LogP contribution >= 0.6 is 28.1 Å². The number of aryl methyl sites for hydroxylation is 2. The van der Waals surface area contributed by atoms with Crippen molar-refractivity contribution in [3.63, 3.8) is 0 Å². The number of benzene rings is 2. The molecule has 1 amide bonds. The standard InChI is InChI=1S/C24H23BrF2N2O3S/c1-13-22(14(2)32-29-13)20(30)11-24(3,16-9-17(25)19(27)10-18(16)26)12-21(33)28-23(31)15-7-5-4-6-8-15/h4-10,20,30H,11-12H2,1-3H3,(H,28,31,33)/t20?,24-/m1/s1. The summed E-state index contributed by atoms with van der Waals surface area (Å²) < 4.78 is 34.1. The molecule has 5 nitrogen and oxygen atoms in total. The van der Waals surface area contributed by atoms with Crippen LogP contribution in [0.3, 0.4) is 0 Å². The molecule has 174 valence electrons. The minimum Gasteiger partial charge on any atom is -0.388 e. The number of nitrogens with zero attached hydrogens (tertiary/aromatic N) is 1. The van der Waals surface area contributed by atoms with Gasteiger partial charge >= 0.3 is 0 Å². The van der Waals surface area contributed by atoms with E-state index in [4.69, 9.17) is 16.7 Å². The Balaban J connectivity index is 1.94. The summed E-state index contributed by atoms with van der Waals surface area (Å²) >= 11 is 8.54. The summed E-state index contributed by atoms with van der Waals surface area (Å²) in [7, 11) is 0. The van der Waals surface area contributed by atoms with Crippen LogP contribution in [0.15, 0.2) is 51.5 Å². The number of carbonyl (C=O) groups excluding carboxylic acids is 1. The van der Waals surface area contributed by atoms with Crippen molar-refractivity contribution < 1.29 is 23.2 Å². The van der Waals surface area contributed by atoms with E-state index in [9.17, 15) is 18.7 Å². The number of thiocarbonyl (C=S) groups is 1. The second-order valence-corrected chi connectivity index (χ2v) is 9.53. The number of rotatable bonds is 7. The third kappa shape index (κ3) is 5.72. The molecule has 0 aliphatic heterocycles. The summed E-state index contributed by atoms with van der Waals surface area (Å²) in [6.07, 6.45) is -1.01. The van der Waals surface area contributed by atoms with E-state index in [0.29, 0.717) is 22.6 Å². The molecule has 3 aromatic rings. The second kappa shape index (κ2) is 10.2. The molecule has 0 saturated heterocycles. The fourth-order valence-corrected chi connectivity index (χ4v) is 4.70. The molecule has 0 bridgehead atoms. The van der Waals surface area contributed by atoms with Gasteiger partial charge in [0.2, 0.25) is 0 Å². The van der Waals surface area contributed by atoms with Crippen LogP contribution in [0.1, 0.15) is 58.8 Å². The van der Waals surface area contributed by atoms with Gasteiger partial charge in [-0.3, -0.25) is 4.79 Å². The quantitative estimate of drug-likeness (QED) is 0.292. The van der Waals surface area contributed by atoms with Gasteiger partial charge in [-0.05, 0) is 60.0 Å². The summed E-state index contributed by atoms with van der Waals surface area (Å²) in [5, 5.41) is 17.6. The van der Waals surface area contributed by atoms with Crippen LogP contribution in [0.4, 0.5) is 8.78 Å². The zero-order valence-corrected chi connectivity index (χ0v) is 20.7. The Labute approximate surface area is 204 Å². The van der Waals surface area contributed by atoms with E-state index in [-0.39, 0.29) is 27.9 Å². The van der Waals surface area contributed by atoms with E-state index in [0.717, 1.165) is 6.07 Å². The molecular weight excluding hydrogens is 514 g/mol. The Kier molecular flexibility index (Phi) is 7.76. The summed E-state index contributed by atoms with van der Waals surface area (Å²) in [5.74, 6) is -1.47. The number of hydrogen-bond donors (Lipinski definition) is 2. The van der Waals surface area contributed by atoms with Gasteiger partial charge in [0.25, 0.3) is 5.91 Å². The molecule has 2 atom stereocenters. The minimum atomic E-state index is -1.10. The molecule has 0 spiro atoms. The molecule has 9 heteroatoms. The van der Waals surface area contributed by atoms with Crippen molar-refractivity contribution >= 4 is 39.0 Å². The Hall–Kier alpha value is -2.49. The van der Waals surface area contributed by atoms with Gasteiger partial charge in [-0.25, -0.2) is 8.78 Å². The second-order valence-electron chi connectivity index (χ2n) is 8.18. The highest BCUT2D eigenvalue weighted by Crippen LogP contribution is 2.41. The van der Waals surface area contributed by atoms with Crippen molar-refractivity contribution in [3.05, 3.63) is 86.7 Å². The van der Waals surface area contributed by atoms with Crippen LogP contribution in [0.25, 0.3) is 0 Å². The maximum absolute atomic E-state index is 15.0. The predicted octanol–water partition coefficient (Wildman–Crippen LogP) is 5.86. The van der Waals surface area contributed by atoms with E-state index >= 15 is 0 Å². The van der Waals surface area contributed by atoms with Crippen molar-refractivity contribution in [1.82, 2.24) is 10.5 Å². The normalized spacial score (nSPS) is 13.9. The van der Waals surface area contributed by atoms with Crippen molar-refractivity contribution in [2.45, 2.75) is 45.1 Å². The Morgan fingerprint density at radius 2 is 1.91 bits per heavy atom. The molecule has 0 saturated carbocycles. The molecule has 0 aliphatic rings. The van der Waals surface area contributed by atoms with Crippen LogP contribution in [0.2, 0.25) is 0 Å². The molecular formula is C24H23BrF2N2O3S. The average Bonchev–Trinajstić information content (AvgIpc) is 3.09. The first kappa shape index (κ1) is 25.1. The van der Waals surface area contributed by atoms with Gasteiger partial charge in [-0.1, -0.05) is 42.5 Å². The van der Waals surface area contributed by atoms with Gasteiger partial charge in [-0.2, -0.15) is 0 Å². The maximum atomic E-state index is 15.0. The van der Waals surface area contributed by atoms with E-state index < -0.39 is 29.1 Å². The molecule has 1 heterocycles. The number of aliphatic hydroxyl groups excluding tert-OH is 1. The van der Waals surface area contributed by atoms with Crippen LogP contribution in [-0.4, -0.2) is 21.2 Å². The molecule has 3 rings (SSSR count). The fourth-order valence-electron chi connectivity index (χ4n) is 3.94. The average molecular weight is 537 g/mol. The molecule has 1 aromatic heterocycles. The summed E-state index contributed by atoms with van der Waals surface area (Å²) in [5.41, 5.74) is 0.493. The molecule has 0 radical (unpaired) electrons. The van der Waals surface area contributed by atoms with Crippen LogP contribution in [0.5, 0.6) is 0 Å². The maximum Gasteiger partial charge on any atom is 0.256 e. The topological polar surface area (TPSA) is 75.4 Å². The molecule has 2 N–H and O–H groups in total. The van der Waals surface area contributed by atoms with Crippen LogP contribution in [-0.2, 0) is 5.41 Å². The number of nitrogens with one attached hydrogen (secondary N) is 1. The molecule has 0 fully saturated rings. The van der Waals surface area contributed by atoms with Crippen molar-refractivity contribution in [2.24, 2.45) is 0 Å². The van der Waals surface area contributed by atoms with E-state index in [1.165, 1.54) is 6.07 Å². The smallest absolute Gasteiger partial charge is 0.256 e. The van der Waals surface area contributed by atoms with Crippen molar-refractivity contribution in [3.8, 4) is 0 Å². The van der Waals surface area contributed by atoms with Gasteiger partial charge < -0.3 is 14.9 Å². The Morgan fingerprint density at radius 1 is 1.24 bits per heavy atom. The van der Waals surface area contributed by atoms with E-state index in [2.05, 4.69) is 26.4 Å². The van der Waals surface area contributed by atoms with Crippen LogP contribution in [0, 0.1) is 25.5 Å². The third-order valence-corrected chi connectivity index (χ3v) is 6.42. The highest BCUT2D eigenvalue weighted by Gasteiger charge is 2.36. The lowest BCUT2D eigenvalue weighted by molar-refractivity contribution is 0.0976. The van der Waals surface area contributed by atoms with Gasteiger partial charge in [-0.15, -0.1) is 0 Å². The largest absolute Gasteiger partial charge is 0.388 e. The molecule has 1 unspecified atom stereocenters. The zero-order valence-electron chi connectivity index (χ0n) is 18.3. The lowest BCUT2D eigenvalue weighted by atomic mass is 9.73.